The molecule has 4 aromatic rings. The molecule has 0 aliphatic carbocycles. The number of nitrogens with zero attached hydrogens (tertiary/aromatic N) is 5. The number of ether oxygens (including phenoxy) is 1. The third-order valence-electron chi connectivity index (χ3n) is 5.42. The number of carbonyl (C=O) groups excluding carboxylic acids is 1. The summed E-state index contributed by atoms with van der Waals surface area (Å²) in [5.74, 6) is 0.459. The van der Waals surface area contributed by atoms with E-state index in [4.69, 9.17) is 21.6 Å². The molecule has 4 rings (SSSR count). The van der Waals surface area contributed by atoms with Crippen molar-refractivity contribution in [1.29, 1.82) is 5.26 Å². The maximum absolute atomic E-state index is 13.3. The second-order valence-corrected chi connectivity index (χ2v) is 8.45. The van der Waals surface area contributed by atoms with Gasteiger partial charge in [-0.05, 0) is 48.0 Å². The molecule has 0 radical (unpaired) electrons. The first-order valence-corrected chi connectivity index (χ1v) is 11.8. The Labute approximate surface area is 221 Å². The van der Waals surface area contributed by atoms with E-state index in [-0.39, 0.29) is 42.9 Å². The number of hydrogen-bond acceptors (Lipinski definition) is 8. The number of pyridine rings is 1. The molecule has 1 amide bonds. The molecule has 0 saturated carbocycles. The summed E-state index contributed by atoms with van der Waals surface area (Å²) in [4.78, 5) is 45.9. The second kappa shape index (κ2) is 11.9. The van der Waals surface area contributed by atoms with E-state index in [2.05, 4.69) is 20.6 Å². The van der Waals surface area contributed by atoms with Crippen LogP contribution in [0.15, 0.2) is 76.3 Å². The van der Waals surface area contributed by atoms with Crippen molar-refractivity contribution < 1.29 is 9.53 Å². The molecule has 12 heteroatoms. The summed E-state index contributed by atoms with van der Waals surface area (Å²) in [6, 6.07) is 20.4. The van der Waals surface area contributed by atoms with Crippen molar-refractivity contribution in [2.75, 3.05) is 12.4 Å². The Bertz CT molecular complexity index is 1610. The summed E-state index contributed by atoms with van der Waals surface area (Å²) < 4.78 is 7.93. The standard InChI is InChI=1S/C26H22ClN7O4/c1-29-22(35)13-14-33-25(36)32-24(34(26(33)37)16-17-5-7-18(27)8-6-17)31-19-9-11-21(12-10-19)38-23-4-2-3-20(15-28)30-23/h2-12H,13-14,16H2,1H3,(H,29,35)(H,31,32,36). The van der Waals surface area contributed by atoms with E-state index >= 15 is 0 Å². The zero-order valence-corrected chi connectivity index (χ0v) is 21.0. The fraction of sp³-hybridized carbons (Fsp3) is 0.154. The average molecular weight is 532 g/mol. The first-order valence-electron chi connectivity index (χ1n) is 11.4. The van der Waals surface area contributed by atoms with E-state index < -0.39 is 11.4 Å². The van der Waals surface area contributed by atoms with Gasteiger partial charge in [0.25, 0.3) is 0 Å². The number of rotatable bonds is 9. The third kappa shape index (κ3) is 6.43. The summed E-state index contributed by atoms with van der Waals surface area (Å²) >= 11 is 5.99. The monoisotopic (exact) mass is 531 g/mol. The molecule has 11 nitrogen and oxygen atoms in total. The van der Waals surface area contributed by atoms with Gasteiger partial charge < -0.3 is 15.4 Å². The topological polar surface area (TPSA) is 144 Å². The van der Waals surface area contributed by atoms with Crippen LogP contribution in [0.25, 0.3) is 0 Å². The second-order valence-electron chi connectivity index (χ2n) is 8.01. The molecule has 2 N–H and O–H groups in total. The van der Waals surface area contributed by atoms with Gasteiger partial charge in [0.05, 0.1) is 6.54 Å². The molecule has 2 heterocycles. The molecule has 0 aliphatic rings. The van der Waals surface area contributed by atoms with Gasteiger partial charge in [0.15, 0.2) is 0 Å². The highest BCUT2D eigenvalue weighted by Gasteiger charge is 2.15. The molecule has 0 fully saturated rings. The van der Waals surface area contributed by atoms with Crippen LogP contribution in [-0.4, -0.2) is 32.1 Å². The van der Waals surface area contributed by atoms with E-state index in [1.165, 1.54) is 11.6 Å². The van der Waals surface area contributed by atoms with Crippen LogP contribution in [0.4, 0.5) is 11.6 Å². The van der Waals surface area contributed by atoms with E-state index in [1.807, 2.05) is 6.07 Å². The van der Waals surface area contributed by atoms with Crippen molar-refractivity contribution in [3.8, 4) is 17.7 Å². The number of nitrogens with one attached hydrogen (secondary N) is 2. The van der Waals surface area contributed by atoms with Crippen LogP contribution in [0.3, 0.4) is 0 Å². The number of hydrogen-bond donors (Lipinski definition) is 2. The van der Waals surface area contributed by atoms with E-state index in [0.717, 1.165) is 10.1 Å². The van der Waals surface area contributed by atoms with Gasteiger partial charge in [0.2, 0.25) is 17.7 Å². The number of anilines is 2. The molecular weight excluding hydrogens is 510 g/mol. The van der Waals surface area contributed by atoms with Crippen LogP contribution >= 0.6 is 11.6 Å². The first-order chi connectivity index (χ1) is 18.4. The largest absolute Gasteiger partial charge is 0.439 e. The number of halogens is 1. The molecule has 2 aromatic carbocycles. The normalized spacial score (nSPS) is 10.4. The molecule has 192 valence electrons. The van der Waals surface area contributed by atoms with Crippen LogP contribution < -0.4 is 26.7 Å². The predicted molar refractivity (Wildman–Crippen MR) is 141 cm³/mol. The highest BCUT2D eigenvalue weighted by molar-refractivity contribution is 6.30. The molecule has 2 aromatic heterocycles. The smallest absolute Gasteiger partial charge is 0.354 e. The summed E-state index contributed by atoms with van der Waals surface area (Å²) in [6.07, 6.45) is -0.0470. The lowest BCUT2D eigenvalue weighted by atomic mass is 10.2. The van der Waals surface area contributed by atoms with E-state index in [0.29, 0.717) is 16.5 Å². The third-order valence-corrected chi connectivity index (χ3v) is 5.67. The summed E-state index contributed by atoms with van der Waals surface area (Å²) in [7, 11) is 1.48. The Morgan fingerprint density at radius 2 is 1.76 bits per heavy atom. The predicted octanol–water partition coefficient (Wildman–Crippen LogP) is 3.05. The number of aromatic nitrogens is 4. The Morgan fingerprint density at radius 3 is 2.45 bits per heavy atom. The van der Waals surface area contributed by atoms with Crippen molar-refractivity contribution in [2.24, 2.45) is 0 Å². The zero-order chi connectivity index (χ0) is 27.1. The van der Waals surface area contributed by atoms with E-state index in [1.54, 1.807) is 66.7 Å². The minimum atomic E-state index is -0.780. The van der Waals surface area contributed by atoms with Crippen LogP contribution in [-0.2, 0) is 17.9 Å². The number of nitriles is 1. The van der Waals surface area contributed by atoms with Gasteiger partial charge >= 0.3 is 11.4 Å². The fourth-order valence-corrected chi connectivity index (χ4v) is 3.59. The van der Waals surface area contributed by atoms with Crippen molar-refractivity contribution in [1.82, 2.24) is 24.4 Å². The van der Waals surface area contributed by atoms with Crippen molar-refractivity contribution in [2.45, 2.75) is 19.5 Å². The lowest BCUT2D eigenvalue weighted by Crippen LogP contribution is -2.43. The van der Waals surface area contributed by atoms with Crippen molar-refractivity contribution in [3.63, 3.8) is 0 Å². The molecule has 0 spiro atoms. The maximum Gasteiger partial charge on any atom is 0.354 e. The Balaban J connectivity index is 1.62. The van der Waals surface area contributed by atoms with Gasteiger partial charge in [-0.3, -0.25) is 9.36 Å². The summed E-state index contributed by atoms with van der Waals surface area (Å²) in [5.41, 5.74) is 0.131. The molecule has 0 bridgehead atoms. The molecule has 0 atom stereocenters. The van der Waals surface area contributed by atoms with Gasteiger partial charge in [0, 0.05) is 36.8 Å². The highest BCUT2D eigenvalue weighted by atomic mass is 35.5. The molecular formula is C26H22ClN7O4. The Kier molecular flexibility index (Phi) is 8.15. The number of carbonyl (C=O) groups is 1. The van der Waals surface area contributed by atoms with Crippen LogP contribution in [0, 0.1) is 11.3 Å². The average Bonchev–Trinajstić information content (AvgIpc) is 2.92. The molecule has 0 saturated heterocycles. The van der Waals surface area contributed by atoms with Crippen LogP contribution in [0.2, 0.25) is 5.02 Å². The minimum Gasteiger partial charge on any atom is -0.439 e. The fourth-order valence-electron chi connectivity index (χ4n) is 3.46. The SMILES string of the molecule is CNC(=O)CCn1c(=O)nc(Nc2ccc(Oc3cccc(C#N)n3)cc2)n(Cc2ccc(Cl)cc2)c1=O. The number of amides is 1. The van der Waals surface area contributed by atoms with Crippen LogP contribution in [0.5, 0.6) is 11.6 Å². The Morgan fingerprint density at radius 1 is 1.03 bits per heavy atom. The summed E-state index contributed by atoms with van der Waals surface area (Å²) in [6.45, 7) is -0.00794. The van der Waals surface area contributed by atoms with Gasteiger partial charge in [0.1, 0.15) is 17.5 Å². The quantitative estimate of drug-likeness (QED) is 0.335. The lowest BCUT2D eigenvalue weighted by Gasteiger charge is -2.16. The van der Waals surface area contributed by atoms with Gasteiger partial charge in [-0.25, -0.2) is 19.1 Å². The minimum absolute atomic E-state index is 0.0307. The molecule has 0 aliphatic heterocycles. The summed E-state index contributed by atoms with van der Waals surface area (Å²) in [5, 5.41) is 15.0. The van der Waals surface area contributed by atoms with E-state index in [9.17, 15) is 14.4 Å². The van der Waals surface area contributed by atoms with Gasteiger partial charge in [-0.1, -0.05) is 29.8 Å². The molecule has 0 unspecified atom stereocenters. The van der Waals surface area contributed by atoms with Crippen LogP contribution in [0.1, 0.15) is 17.7 Å². The Hall–Kier alpha value is -4.95. The maximum atomic E-state index is 13.3. The highest BCUT2D eigenvalue weighted by Crippen LogP contribution is 2.23. The zero-order valence-electron chi connectivity index (χ0n) is 20.2. The van der Waals surface area contributed by atoms with Crippen molar-refractivity contribution >= 4 is 29.1 Å². The van der Waals surface area contributed by atoms with Gasteiger partial charge in [-0.2, -0.15) is 10.2 Å². The molecule has 38 heavy (non-hydrogen) atoms. The number of benzene rings is 2. The van der Waals surface area contributed by atoms with Crippen molar-refractivity contribution in [3.05, 3.63) is 104 Å². The van der Waals surface area contributed by atoms with Gasteiger partial charge in [-0.15, -0.1) is 0 Å². The first kappa shape index (κ1) is 26.1. The lowest BCUT2D eigenvalue weighted by molar-refractivity contribution is -0.120.